The summed E-state index contributed by atoms with van der Waals surface area (Å²) >= 11 is 1.12. The first-order valence-corrected chi connectivity index (χ1v) is 10.7. The lowest BCUT2D eigenvalue weighted by molar-refractivity contribution is -0.119. The zero-order valence-electron chi connectivity index (χ0n) is 17.6. The van der Waals surface area contributed by atoms with Gasteiger partial charge in [0.05, 0.1) is 18.4 Å². The van der Waals surface area contributed by atoms with Gasteiger partial charge in [0, 0.05) is 17.5 Å². The number of anilines is 1. The minimum Gasteiger partial charge on any atom is -0.464 e. The number of furan rings is 1. The lowest BCUT2D eigenvalue weighted by Crippen LogP contribution is -2.28. The van der Waals surface area contributed by atoms with E-state index in [1.807, 2.05) is 0 Å². The second-order valence-corrected chi connectivity index (χ2v) is 7.47. The Hall–Kier alpha value is -4.12. The maximum atomic E-state index is 12.5. The Morgan fingerprint density at radius 1 is 1.06 bits per heavy atom. The molecule has 0 aliphatic carbocycles. The summed E-state index contributed by atoms with van der Waals surface area (Å²) < 4.78 is 15.5. The van der Waals surface area contributed by atoms with Crippen molar-refractivity contribution < 1.29 is 33.1 Å². The van der Waals surface area contributed by atoms with Crippen molar-refractivity contribution in [2.45, 2.75) is 13.5 Å². The van der Waals surface area contributed by atoms with E-state index in [1.54, 1.807) is 36.6 Å². The Balaban J connectivity index is 1.62. The number of nitrogens with one attached hydrogen (secondary N) is 2. The van der Waals surface area contributed by atoms with Crippen LogP contribution in [0.2, 0.25) is 0 Å². The van der Waals surface area contributed by atoms with E-state index in [1.165, 1.54) is 18.4 Å². The summed E-state index contributed by atoms with van der Waals surface area (Å²) in [4.78, 5) is 47.8. The summed E-state index contributed by atoms with van der Waals surface area (Å²) in [7, 11) is 0. The largest absolute Gasteiger partial charge is 0.464 e. The fourth-order valence-electron chi connectivity index (χ4n) is 2.79. The summed E-state index contributed by atoms with van der Waals surface area (Å²) in [6.45, 7) is 1.50. The SMILES string of the molecule is CCOC(=O)c1c(-c2ccco2)csc1NC(=O)COC(=O)c1ccc(CNC(N)=O)cc1. The lowest BCUT2D eigenvalue weighted by Gasteiger charge is -2.09. The molecule has 0 atom stereocenters. The van der Waals surface area contributed by atoms with Crippen LogP contribution in [0, 0.1) is 0 Å². The van der Waals surface area contributed by atoms with Crippen LogP contribution in [0.4, 0.5) is 9.80 Å². The maximum Gasteiger partial charge on any atom is 0.341 e. The molecule has 0 aliphatic heterocycles. The molecule has 33 heavy (non-hydrogen) atoms. The quantitative estimate of drug-likeness (QED) is 0.406. The molecule has 2 heterocycles. The number of rotatable bonds is 9. The van der Waals surface area contributed by atoms with Gasteiger partial charge in [-0.15, -0.1) is 11.3 Å². The third-order valence-corrected chi connectivity index (χ3v) is 5.20. The topological polar surface area (TPSA) is 150 Å². The van der Waals surface area contributed by atoms with Crippen LogP contribution in [0.1, 0.15) is 33.2 Å². The summed E-state index contributed by atoms with van der Waals surface area (Å²) in [5.74, 6) is -1.48. The highest BCUT2D eigenvalue weighted by molar-refractivity contribution is 7.15. The molecule has 0 spiro atoms. The number of primary amides is 1. The maximum absolute atomic E-state index is 12.5. The number of ether oxygens (including phenoxy) is 2. The number of hydrogen-bond acceptors (Lipinski definition) is 8. The van der Waals surface area contributed by atoms with Crippen molar-refractivity contribution in [3.63, 3.8) is 0 Å². The first-order chi connectivity index (χ1) is 15.9. The Morgan fingerprint density at radius 2 is 1.82 bits per heavy atom. The highest BCUT2D eigenvalue weighted by Gasteiger charge is 2.24. The van der Waals surface area contributed by atoms with E-state index in [2.05, 4.69) is 10.6 Å². The molecule has 0 radical (unpaired) electrons. The van der Waals surface area contributed by atoms with Crippen LogP contribution in [-0.4, -0.2) is 37.1 Å². The van der Waals surface area contributed by atoms with Gasteiger partial charge in [0.15, 0.2) is 6.61 Å². The standard InChI is InChI=1S/C22H21N3O7S/c1-2-30-21(28)18-15(16-4-3-9-31-16)12-33-19(18)25-17(26)11-32-20(27)14-7-5-13(6-8-14)10-24-22(23)29/h3-9,12H,2,10-11H2,1H3,(H,25,26)(H3,23,24,29). The Kier molecular flexibility index (Phi) is 7.82. The minimum absolute atomic E-state index is 0.161. The van der Waals surface area contributed by atoms with Gasteiger partial charge >= 0.3 is 18.0 Å². The van der Waals surface area contributed by atoms with E-state index in [4.69, 9.17) is 19.6 Å². The van der Waals surface area contributed by atoms with Crippen molar-refractivity contribution in [2.24, 2.45) is 5.73 Å². The van der Waals surface area contributed by atoms with Crippen molar-refractivity contribution in [1.82, 2.24) is 5.32 Å². The van der Waals surface area contributed by atoms with Crippen LogP contribution in [0.15, 0.2) is 52.5 Å². The van der Waals surface area contributed by atoms with Crippen molar-refractivity contribution in [3.05, 3.63) is 64.7 Å². The Morgan fingerprint density at radius 3 is 2.45 bits per heavy atom. The molecule has 3 rings (SSSR count). The number of benzene rings is 1. The first-order valence-electron chi connectivity index (χ1n) is 9.80. The molecule has 0 bridgehead atoms. The van der Waals surface area contributed by atoms with Gasteiger partial charge in [-0.2, -0.15) is 0 Å². The van der Waals surface area contributed by atoms with E-state index < -0.39 is 30.5 Å². The lowest BCUT2D eigenvalue weighted by atomic mass is 10.1. The molecule has 2 aromatic heterocycles. The normalized spacial score (nSPS) is 10.3. The van der Waals surface area contributed by atoms with Crippen LogP contribution >= 0.6 is 11.3 Å². The predicted molar refractivity (Wildman–Crippen MR) is 120 cm³/mol. The fourth-order valence-corrected chi connectivity index (χ4v) is 3.75. The summed E-state index contributed by atoms with van der Waals surface area (Å²) in [6, 6.07) is 8.98. The number of urea groups is 1. The highest BCUT2D eigenvalue weighted by Crippen LogP contribution is 2.36. The molecule has 3 amide bonds. The van der Waals surface area contributed by atoms with Crippen molar-refractivity contribution in [1.29, 1.82) is 0 Å². The molecular weight excluding hydrogens is 450 g/mol. The van der Waals surface area contributed by atoms with Crippen molar-refractivity contribution >= 4 is 40.2 Å². The van der Waals surface area contributed by atoms with Crippen LogP contribution in [0.3, 0.4) is 0 Å². The molecule has 0 saturated heterocycles. The Labute approximate surface area is 192 Å². The molecular formula is C22H21N3O7S. The number of nitrogens with two attached hydrogens (primary N) is 1. The number of hydrogen-bond donors (Lipinski definition) is 3. The average molecular weight is 471 g/mol. The highest BCUT2D eigenvalue weighted by atomic mass is 32.1. The van der Waals surface area contributed by atoms with Crippen LogP contribution in [0.25, 0.3) is 11.3 Å². The Bertz CT molecular complexity index is 1140. The second-order valence-electron chi connectivity index (χ2n) is 6.59. The van der Waals surface area contributed by atoms with Crippen molar-refractivity contribution in [3.8, 4) is 11.3 Å². The van der Waals surface area contributed by atoms with E-state index in [0.717, 1.165) is 16.9 Å². The molecule has 1 aromatic carbocycles. The third kappa shape index (κ3) is 6.20. The van der Waals surface area contributed by atoms with Gasteiger partial charge in [0.25, 0.3) is 5.91 Å². The molecule has 0 fully saturated rings. The molecule has 0 saturated carbocycles. The molecule has 4 N–H and O–H groups in total. The number of carbonyl (C=O) groups is 4. The van der Waals surface area contributed by atoms with E-state index >= 15 is 0 Å². The van der Waals surface area contributed by atoms with Gasteiger partial charge in [0.1, 0.15) is 16.3 Å². The first kappa shape index (κ1) is 23.5. The molecule has 10 nitrogen and oxygen atoms in total. The van der Waals surface area contributed by atoms with Crippen LogP contribution in [-0.2, 0) is 20.8 Å². The zero-order valence-corrected chi connectivity index (χ0v) is 18.4. The van der Waals surface area contributed by atoms with E-state index in [9.17, 15) is 19.2 Å². The predicted octanol–water partition coefficient (Wildman–Crippen LogP) is 3.15. The van der Waals surface area contributed by atoms with Crippen LogP contribution in [0.5, 0.6) is 0 Å². The van der Waals surface area contributed by atoms with Gasteiger partial charge in [-0.05, 0) is 36.8 Å². The summed E-state index contributed by atoms with van der Waals surface area (Å²) in [5.41, 5.74) is 6.63. The average Bonchev–Trinajstić information content (AvgIpc) is 3.46. The summed E-state index contributed by atoms with van der Waals surface area (Å²) in [5, 5.41) is 6.94. The van der Waals surface area contributed by atoms with Gasteiger partial charge in [0.2, 0.25) is 0 Å². The van der Waals surface area contributed by atoms with Gasteiger partial charge in [-0.3, -0.25) is 4.79 Å². The van der Waals surface area contributed by atoms with Crippen molar-refractivity contribution in [2.75, 3.05) is 18.5 Å². The van der Waals surface area contributed by atoms with Gasteiger partial charge in [-0.1, -0.05) is 12.1 Å². The molecule has 172 valence electrons. The smallest absolute Gasteiger partial charge is 0.341 e. The number of carbonyl (C=O) groups excluding carboxylic acids is 4. The second kappa shape index (κ2) is 11.0. The molecule has 3 aromatic rings. The summed E-state index contributed by atoms with van der Waals surface area (Å²) in [6.07, 6.45) is 1.47. The number of amides is 3. The number of thiophene rings is 1. The van der Waals surface area contributed by atoms with E-state index in [-0.39, 0.29) is 29.3 Å². The van der Waals surface area contributed by atoms with Gasteiger partial charge < -0.3 is 30.3 Å². The molecule has 11 heteroatoms. The van der Waals surface area contributed by atoms with E-state index in [0.29, 0.717) is 11.3 Å². The minimum atomic E-state index is -0.701. The zero-order chi connectivity index (χ0) is 23.8. The van der Waals surface area contributed by atoms with Gasteiger partial charge in [-0.25, -0.2) is 14.4 Å². The van der Waals surface area contributed by atoms with Crippen LogP contribution < -0.4 is 16.4 Å². The molecule has 0 unspecified atom stereocenters. The fraction of sp³-hybridized carbons (Fsp3) is 0.182. The monoisotopic (exact) mass is 471 g/mol. The number of esters is 2. The third-order valence-electron chi connectivity index (χ3n) is 4.30. The molecule has 0 aliphatic rings.